The molecule has 1 fully saturated rings. The quantitative estimate of drug-likeness (QED) is 0.702. The number of amides is 1. The number of nitrogens with two attached hydrogens (primary N) is 1. The maximum absolute atomic E-state index is 12.8. The molecule has 1 saturated heterocycles. The number of hydrogen-bond acceptors (Lipinski definition) is 4. The van der Waals surface area contributed by atoms with E-state index in [9.17, 15) is 15.0 Å². The van der Waals surface area contributed by atoms with E-state index in [1.807, 2.05) is 24.0 Å². The van der Waals surface area contributed by atoms with Gasteiger partial charge >= 0.3 is 0 Å². The highest BCUT2D eigenvalue weighted by Crippen LogP contribution is 2.30. The first kappa shape index (κ1) is 19.9. The second kappa shape index (κ2) is 9.32. The summed E-state index contributed by atoms with van der Waals surface area (Å²) in [5, 5.41) is 19.6. The van der Waals surface area contributed by atoms with Gasteiger partial charge in [-0.15, -0.1) is 0 Å². The molecule has 1 aliphatic heterocycles. The van der Waals surface area contributed by atoms with E-state index in [0.717, 1.165) is 18.4 Å². The third kappa shape index (κ3) is 4.81. The molecule has 140 valence electrons. The van der Waals surface area contributed by atoms with E-state index in [1.54, 1.807) is 6.92 Å². The monoisotopic (exact) mass is 348 g/mol. The molecule has 1 heterocycles. The third-order valence-electron chi connectivity index (χ3n) is 5.59. The zero-order valence-corrected chi connectivity index (χ0v) is 15.4. The van der Waals surface area contributed by atoms with E-state index in [4.69, 9.17) is 5.73 Å². The summed E-state index contributed by atoms with van der Waals surface area (Å²) in [5.41, 5.74) is 8.16. The number of carbonyl (C=O) groups excluding carboxylic acids is 1. The van der Waals surface area contributed by atoms with Crippen LogP contribution in [-0.4, -0.2) is 46.8 Å². The maximum Gasteiger partial charge on any atom is 0.228 e. The number of carbonyl (C=O) groups is 1. The van der Waals surface area contributed by atoms with Gasteiger partial charge in [-0.1, -0.05) is 31.2 Å². The van der Waals surface area contributed by atoms with Gasteiger partial charge in [-0.2, -0.15) is 0 Å². The molecule has 0 aliphatic carbocycles. The number of aliphatic hydroxyl groups excluding tert-OH is 2. The van der Waals surface area contributed by atoms with Gasteiger partial charge in [0.15, 0.2) is 0 Å². The summed E-state index contributed by atoms with van der Waals surface area (Å²) in [6.45, 7) is 5.37. The van der Waals surface area contributed by atoms with Crippen molar-refractivity contribution < 1.29 is 15.0 Å². The highest BCUT2D eigenvalue weighted by Gasteiger charge is 2.34. The second-order valence-corrected chi connectivity index (χ2v) is 7.15. The lowest BCUT2D eigenvalue weighted by molar-refractivity contribution is -0.142. The Morgan fingerprint density at radius 1 is 1.36 bits per heavy atom. The van der Waals surface area contributed by atoms with Crippen molar-refractivity contribution in [3.05, 3.63) is 35.4 Å². The minimum atomic E-state index is -0.595. The van der Waals surface area contributed by atoms with Gasteiger partial charge in [0.25, 0.3) is 0 Å². The zero-order chi connectivity index (χ0) is 18.4. The van der Waals surface area contributed by atoms with Crippen LogP contribution in [0.25, 0.3) is 0 Å². The lowest BCUT2D eigenvalue weighted by Crippen LogP contribution is -2.46. The highest BCUT2D eigenvalue weighted by molar-refractivity contribution is 5.79. The van der Waals surface area contributed by atoms with Crippen LogP contribution in [0.1, 0.15) is 50.2 Å². The van der Waals surface area contributed by atoms with Gasteiger partial charge in [0.1, 0.15) is 0 Å². The summed E-state index contributed by atoms with van der Waals surface area (Å²) in [7, 11) is 0. The lowest BCUT2D eigenvalue weighted by atomic mass is 9.84. The molecule has 1 aromatic rings. The summed E-state index contributed by atoms with van der Waals surface area (Å²) in [4.78, 5) is 14.7. The zero-order valence-electron chi connectivity index (χ0n) is 15.4. The van der Waals surface area contributed by atoms with Gasteiger partial charge in [-0.05, 0) is 49.1 Å². The van der Waals surface area contributed by atoms with Crippen molar-refractivity contribution in [1.82, 2.24) is 4.90 Å². The molecule has 0 aromatic heterocycles. The molecule has 3 unspecified atom stereocenters. The number of aliphatic hydroxyl groups is 2. The Hall–Kier alpha value is -1.43. The molecule has 1 amide bonds. The molecule has 5 nitrogen and oxygen atoms in total. The Bertz CT molecular complexity index is 554. The van der Waals surface area contributed by atoms with Gasteiger partial charge in [-0.3, -0.25) is 4.79 Å². The van der Waals surface area contributed by atoms with Crippen molar-refractivity contribution in [1.29, 1.82) is 0 Å². The first-order valence-corrected chi connectivity index (χ1v) is 9.38. The fourth-order valence-corrected chi connectivity index (χ4v) is 4.00. The fraction of sp³-hybridized carbons (Fsp3) is 0.650. The van der Waals surface area contributed by atoms with E-state index in [2.05, 4.69) is 12.1 Å². The molecule has 25 heavy (non-hydrogen) atoms. The van der Waals surface area contributed by atoms with E-state index in [0.29, 0.717) is 32.0 Å². The van der Waals surface area contributed by atoms with Crippen LogP contribution in [0.5, 0.6) is 0 Å². The lowest BCUT2D eigenvalue weighted by Gasteiger charge is -2.36. The molecule has 0 bridgehead atoms. The van der Waals surface area contributed by atoms with Gasteiger partial charge in [0.2, 0.25) is 5.91 Å². The average molecular weight is 348 g/mol. The minimum Gasteiger partial charge on any atom is -0.396 e. The molecule has 3 atom stereocenters. The van der Waals surface area contributed by atoms with Crippen molar-refractivity contribution in [3.8, 4) is 0 Å². The molecular formula is C20H32N2O3. The molecule has 0 saturated carbocycles. The van der Waals surface area contributed by atoms with E-state index >= 15 is 0 Å². The number of rotatable bonds is 7. The van der Waals surface area contributed by atoms with Crippen LogP contribution >= 0.6 is 0 Å². The molecule has 1 aliphatic rings. The Balaban J connectivity index is 1.99. The summed E-state index contributed by atoms with van der Waals surface area (Å²) >= 11 is 0. The summed E-state index contributed by atoms with van der Waals surface area (Å²) in [6.07, 6.45) is 1.92. The van der Waals surface area contributed by atoms with Crippen molar-refractivity contribution in [2.75, 3.05) is 19.7 Å². The van der Waals surface area contributed by atoms with Crippen LogP contribution < -0.4 is 5.73 Å². The summed E-state index contributed by atoms with van der Waals surface area (Å²) in [6, 6.07) is 8.39. The highest BCUT2D eigenvalue weighted by atomic mass is 16.3. The van der Waals surface area contributed by atoms with Crippen LogP contribution in [0.2, 0.25) is 0 Å². The number of benzene rings is 1. The Morgan fingerprint density at radius 2 is 2.04 bits per heavy atom. The fourth-order valence-electron chi connectivity index (χ4n) is 4.00. The Kier molecular flexibility index (Phi) is 7.41. The van der Waals surface area contributed by atoms with Crippen molar-refractivity contribution in [2.45, 2.75) is 51.7 Å². The van der Waals surface area contributed by atoms with Crippen molar-refractivity contribution >= 4 is 5.91 Å². The molecule has 4 N–H and O–H groups in total. The van der Waals surface area contributed by atoms with Crippen LogP contribution in [0, 0.1) is 11.8 Å². The first-order valence-electron chi connectivity index (χ1n) is 9.38. The third-order valence-corrected chi connectivity index (χ3v) is 5.59. The maximum atomic E-state index is 12.8. The topological polar surface area (TPSA) is 86.8 Å². The van der Waals surface area contributed by atoms with E-state index in [-0.39, 0.29) is 18.4 Å². The van der Waals surface area contributed by atoms with Gasteiger partial charge in [-0.25, -0.2) is 0 Å². The summed E-state index contributed by atoms with van der Waals surface area (Å²) < 4.78 is 0. The smallest absolute Gasteiger partial charge is 0.228 e. The van der Waals surface area contributed by atoms with Crippen molar-refractivity contribution in [3.63, 3.8) is 0 Å². The largest absolute Gasteiger partial charge is 0.396 e. The molecule has 0 radical (unpaired) electrons. The SMILES string of the molecule is CCC(C(C)O)C(CO)C(=O)N1CCC(c2cccc(CN)c2)CC1. The normalized spacial score (nSPS) is 19.5. The number of hydrogen-bond donors (Lipinski definition) is 3. The van der Waals surface area contributed by atoms with Gasteiger partial charge < -0.3 is 20.8 Å². The Labute approximate surface area is 150 Å². The van der Waals surface area contributed by atoms with Crippen LogP contribution in [-0.2, 0) is 11.3 Å². The molecule has 1 aromatic carbocycles. The molecule has 2 rings (SSSR count). The average Bonchev–Trinajstić information content (AvgIpc) is 2.65. The number of nitrogens with zero attached hydrogens (tertiary/aromatic N) is 1. The molecule has 5 heteroatoms. The van der Waals surface area contributed by atoms with Crippen LogP contribution in [0.15, 0.2) is 24.3 Å². The predicted molar refractivity (Wildman–Crippen MR) is 98.9 cm³/mol. The molecule has 0 spiro atoms. The van der Waals surface area contributed by atoms with Crippen LogP contribution in [0.3, 0.4) is 0 Å². The van der Waals surface area contributed by atoms with E-state index in [1.165, 1.54) is 5.56 Å². The predicted octanol–water partition coefficient (Wildman–Crippen LogP) is 1.87. The molecular weight excluding hydrogens is 316 g/mol. The summed E-state index contributed by atoms with van der Waals surface area (Å²) in [5.74, 6) is -0.287. The standard InChI is InChI=1S/C20H32N2O3/c1-3-18(14(2)24)19(13-23)20(25)22-9-7-16(8-10-22)17-6-4-5-15(11-17)12-21/h4-6,11,14,16,18-19,23-24H,3,7-10,12-13,21H2,1-2H3. The number of likely N-dealkylation sites (tertiary alicyclic amines) is 1. The van der Waals surface area contributed by atoms with Gasteiger partial charge in [0, 0.05) is 19.6 Å². The van der Waals surface area contributed by atoms with Gasteiger partial charge in [0.05, 0.1) is 18.6 Å². The number of piperidine rings is 1. The Morgan fingerprint density at radius 3 is 2.56 bits per heavy atom. The first-order chi connectivity index (χ1) is 12.0. The van der Waals surface area contributed by atoms with Crippen LogP contribution in [0.4, 0.5) is 0 Å². The van der Waals surface area contributed by atoms with E-state index < -0.39 is 12.0 Å². The second-order valence-electron chi connectivity index (χ2n) is 7.15. The van der Waals surface area contributed by atoms with Crippen molar-refractivity contribution in [2.24, 2.45) is 17.6 Å². The minimum absolute atomic E-state index is 0.0237.